The van der Waals surface area contributed by atoms with Crippen molar-refractivity contribution in [3.8, 4) is 11.8 Å². The van der Waals surface area contributed by atoms with E-state index in [9.17, 15) is 22.0 Å². The molecule has 1 aromatic heterocycles. The van der Waals surface area contributed by atoms with Crippen molar-refractivity contribution in [1.82, 2.24) is 4.98 Å². The van der Waals surface area contributed by atoms with Gasteiger partial charge in [-0.05, 0) is 28.7 Å². The number of hydrogen-bond acceptors (Lipinski definition) is 3. The lowest BCUT2D eigenvalue weighted by molar-refractivity contribution is -0.276. The Kier molecular flexibility index (Phi) is 4.33. The Morgan fingerprint density at radius 1 is 1.29 bits per heavy atom. The molecule has 3 nitrogen and oxygen atoms in total. The van der Waals surface area contributed by atoms with E-state index in [1.54, 1.807) is 0 Å². The molecule has 0 aromatic carbocycles. The van der Waals surface area contributed by atoms with Crippen LogP contribution in [0.25, 0.3) is 0 Å². The van der Waals surface area contributed by atoms with Crippen molar-refractivity contribution in [2.24, 2.45) is 0 Å². The molecule has 1 rings (SSSR count). The van der Waals surface area contributed by atoms with Crippen LogP contribution in [0.1, 0.15) is 12.0 Å². The minimum Gasteiger partial charge on any atom is -0.481 e. The van der Waals surface area contributed by atoms with Crippen LogP contribution < -0.4 is 9.47 Å². The molecule has 9 heteroatoms. The van der Waals surface area contributed by atoms with Gasteiger partial charge in [0.1, 0.15) is 0 Å². The van der Waals surface area contributed by atoms with Crippen LogP contribution in [0.4, 0.5) is 22.0 Å². The highest BCUT2D eigenvalue weighted by Crippen LogP contribution is 2.34. The lowest BCUT2D eigenvalue weighted by atomic mass is 10.3. The predicted octanol–water partition coefficient (Wildman–Crippen LogP) is 3.53. The fourth-order valence-electron chi connectivity index (χ4n) is 0.971. The van der Waals surface area contributed by atoms with Crippen LogP contribution in [0.2, 0.25) is 0 Å². The summed E-state index contributed by atoms with van der Waals surface area (Å²) in [7, 11) is 1.03. The summed E-state index contributed by atoms with van der Waals surface area (Å²) in [5.41, 5.74) is -0.591. The van der Waals surface area contributed by atoms with E-state index >= 15 is 0 Å². The molecule has 0 unspecified atom stereocenters. The Labute approximate surface area is 106 Å². The monoisotopic (exact) mass is 369 g/mol. The number of nitrogens with zero attached hydrogens (tertiary/aromatic N) is 1. The summed E-state index contributed by atoms with van der Waals surface area (Å²) in [6, 6.07) is 0.831. The van der Waals surface area contributed by atoms with Crippen LogP contribution in [0.15, 0.2) is 6.07 Å². The molecule has 0 amide bonds. The molecule has 96 valence electrons. The van der Waals surface area contributed by atoms with E-state index in [2.05, 4.69) is 14.5 Å². The molecule has 0 saturated carbocycles. The number of pyridine rings is 1. The molecule has 0 bridgehead atoms. The molecule has 0 spiro atoms. The quantitative estimate of drug-likeness (QED) is 0.604. The largest absolute Gasteiger partial charge is 0.574 e. The third-order valence-electron chi connectivity index (χ3n) is 1.58. The van der Waals surface area contributed by atoms with Gasteiger partial charge in [0.05, 0.1) is 16.2 Å². The zero-order chi connectivity index (χ0) is 13.2. The van der Waals surface area contributed by atoms with E-state index in [-0.39, 0.29) is 3.57 Å². The Morgan fingerprint density at radius 2 is 1.88 bits per heavy atom. The van der Waals surface area contributed by atoms with Crippen LogP contribution in [-0.2, 0) is 0 Å². The zero-order valence-corrected chi connectivity index (χ0v) is 10.3. The van der Waals surface area contributed by atoms with Gasteiger partial charge in [-0.3, -0.25) is 0 Å². The molecule has 0 atom stereocenters. The highest BCUT2D eigenvalue weighted by atomic mass is 127. The topological polar surface area (TPSA) is 31.4 Å². The molecule has 0 fully saturated rings. The highest BCUT2D eigenvalue weighted by Gasteiger charge is 2.33. The first-order valence-corrected chi connectivity index (χ1v) is 5.10. The molecular weight excluding hydrogens is 364 g/mol. The van der Waals surface area contributed by atoms with Crippen molar-refractivity contribution in [2.45, 2.75) is 12.8 Å². The van der Waals surface area contributed by atoms with E-state index in [0.29, 0.717) is 0 Å². The number of aromatic nitrogens is 1. The van der Waals surface area contributed by atoms with Gasteiger partial charge >= 0.3 is 6.36 Å². The number of halogens is 6. The second-order valence-electron chi connectivity index (χ2n) is 2.72. The fourth-order valence-corrected chi connectivity index (χ4v) is 1.54. The first-order valence-electron chi connectivity index (χ1n) is 4.03. The minimum absolute atomic E-state index is 0.184. The molecular formula is C8H5F5INO2. The Bertz CT molecular complexity index is 410. The summed E-state index contributed by atoms with van der Waals surface area (Å²) in [5, 5.41) is 0. The lowest BCUT2D eigenvalue weighted by Crippen LogP contribution is -2.19. The lowest BCUT2D eigenvalue weighted by Gasteiger charge is -2.13. The number of methoxy groups -OCH3 is 1. The molecule has 1 heterocycles. The van der Waals surface area contributed by atoms with Gasteiger partial charge in [0.25, 0.3) is 6.43 Å². The second kappa shape index (κ2) is 5.19. The number of rotatable bonds is 3. The van der Waals surface area contributed by atoms with Crippen LogP contribution in [0, 0.1) is 3.57 Å². The number of hydrogen-bond donors (Lipinski definition) is 0. The Balaban J connectivity index is 3.18. The van der Waals surface area contributed by atoms with Gasteiger partial charge in [-0.1, -0.05) is 0 Å². The molecule has 0 N–H and O–H groups in total. The zero-order valence-electron chi connectivity index (χ0n) is 8.19. The van der Waals surface area contributed by atoms with Crippen molar-refractivity contribution in [1.29, 1.82) is 0 Å². The van der Waals surface area contributed by atoms with E-state index in [1.807, 2.05) is 0 Å². The Morgan fingerprint density at radius 3 is 2.29 bits per heavy atom. The molecule has 17 heavy (non-hydrogen) atoms. The summed E-state index contributed by atoms with van der Waals surface area (Å²) in [5.74, 6) is -1.42. The summed E-state index contributed by atoms with van der Waals surface area (Å²) >= 11 is 1.42. The van der Waals surface area contributed by atoms with E-state index in [1.165, 1.54) is 22.6 Å². The summed E-state index contributed by atoms with van der Waals surface area (Å²) in [6.45, 7) is 0. The maximum atomic E-state index is 12.5. The first-order chi connectivity index (χ1) is 7.74. The molecule has 0 radical (unpaired) electrons. The third-order valence-corrected chi connectivity index (χ3v) is 2.35. The minimum atomic E-state index is -4.94. The molecule has 0 aliphatic carbocycles. The third kappa shape index (κ3) is 3.82. The van der Waals surface area contributed by atoms with Crippen molar-refractivity contribution in [2.75, 3.05) is 7.11 Å². The molecule has 1 aromatic rings. The van der Waals surface area contributed by atoms with Gasteiger partial charge in [0, 0.05) is 0 Å². The molecule has 0 aliphatic rings. The van der Waals surface area contributed by atoms with Gasteiger partial charge < -0.3 is 9.47 Å². The van der Waals surface area contributed by atoms with Gasteiger partial charge in [0.15, 0.2) is 0 Å². The van der Waals surface area contributed by atoms with E-state index in [0.717, 1.165) is 13.2 Å². The second-order valence-corrected chi connectivity index (χ2v) is 3.88. The van der Waals surface area contributed by atoms with Crippen LogP contribution >= 0.6 is 22.6 Å². The van der Waals surface area contributed by atoms with Gasteiger partial charge in [0.2, 0.25) is 11.8 Å². The van der Waals surface area contributed by atoms with Crippen LogP contribution in [0.5, 0.6) is 11.8 Å². The summed E-state index contributed by atoms with van der Waals surface area (Å²) in [6.07, 6.45) is -7.84. The van der Waals surface area contributed by atoms with Crippen molar-refractivity contribution in [3.05, 3.63) is 15.2 Å². The van der Waals surface area contributed by atoms with Gasteiger partial charge in [-0.25, -0.2) is 8.78 Å². The normalized spacial score (nSPS) is 11.8. The van der Waals surface area contributed by atoms with Gasteiger partial charge in [-0.15, -0.1) is 13.2 Å². The summed E-state index contributed by atoms with van der Waals surface area (Å²) < 4.78 is 68.7. The van der Waals surface area contributed by atoms with Crippen molar-refractivity contribution in [3.63, 3.8) is 0 Å². The average Bonchev–Trinajstić information content (AvgIpc) is 2.18. The van der Waals surface area contributed by atoms with Crippen molar-refractivity contribution >= 4 is 22.6 Å². The van der Waals surface area contributed by atoms with Gasteiger partial charge in [-0.2, -0.15) is 4.98 Å². The summed E-state index contributed by atoms with van der Waals surface area (Å²) in [4.78, 5) is 3.25. The van der Waals surface area contributed by atoms with E-state index < -0.39 is 30.1 Å². The SMILES string of the molecule is COc1nc(OC(F)(F)F)c(I)cc1C(F)F. The molecule has 0 aliphatic heterocycles. The van der Waals surface area contributed by atoms with E-state index in [4.69, 9.17) is 0 Å². The first kappa shape index (κ1) is 14.2. The van der Waals surface area contributed by atoms with Crippen LogP contribution in [0.3, 0.4) is 0 Å². The highest BCUT2D eigenvalue weighted by molar-refractivity contribution is 14.1. The number of ether oxygens (including phenoxy) is 2. The standard InChI is InChI=1S/C8H5F5INO2/c1-16-6-3(5(9)10)2-4(14)7(15-6)17-8(11,12)13/h2,5H,1H3. The fraction of sp³-hybridized carbons (Fsp3) is 0.375. The van der Waals surface area contributed by atoms with Crippen LogP contribution in [-0.4, -0.2) is 18.5 Å². The maximum Gasteiger partial charge on any atom is 0.574 e. The number of alkyl halides is 5. The average molecular weight is 369 g/mol. The molecule has 0 saturated heterocycles. The predicted molar refractivity (Wildman–Crippen MR) is 55.1 cm³/mol. The smallest absolute Gasteiger partial charge is 0.481 e. The maximum absolute atomic E-state index is 12.5. The van der Waals surface area contributed by atoms with Crippen molar-refractivity contribution < 1.29 is 31.4 Å². The Hall–Kier alpha value is -0.870.